The van der Waals surface area contributed by atoms with Crippen LogP contribution in [0, 0.1) is 5.92 Å². The molecular weight excluding hydrogens is 390 g/mol. The lowest BCUT2D eigenvalue weighted by Gasteiger charge is -2.20. The van der Waals surface area contributed by atoms with Gasteiger partial charge in [-0.25, -0.2) is 0 Å². The predicted molar refractivity (Wildman–Crippen MR) is 118 cm³/mol. The Hall–Kier alpha value is -2.57. The topological polar surface area (TPSA) is 84.7 Å². The fraction of sp³-hybridized carbons (Fsp3) is 0.364. The molecule has 2 unspecified atom stereocenters. The van der Waals surface area contributed by atoms with Crippen LogP contribution in [0.25, 0.3) is 0 Å². The molecule has 0 saturated carbocycles. The number of hydrogen-bond acceptors (Lipinski definition) is 4. The van der Waals surface area contributed by atoms with E-state index in [-0.39, 0.29) is 30.8 Å². The van der Waals surface area contributed by atoms with Crippen LogP contribution >= 0.6 is 12.4 Å². The third kappa shape index (κ3) is 7.07. The Balaban J connectivity index is 0.00000420. The first-order chi connectivity index (χ1) is 13.5. The fourth-order valence-electron chi connectivity index (χ4n) is 2.86. The third-order valence-electron chi connectivity index (χ3n) is 4.72. The van der Waals surface area contributed by atoms with Crippen LogP contribution in [0.5, 0.6) is 5.75 Å². The van der Waals surface area contributed by atoms with Crippen molar-refractivity contribution < 1.29 is 14.3 Å². The molecule has 158 valence electrons. The standard InChI is InChI=1S/C22H29N3O3.ClH/c1-4-25(5-2)20(26)15-28-19-13-9-12-18(14-19)24-22(27)16(3)21(23)17-10-7-6-8-11-17;/h6-14,16,21H,4-5,15,23H2,1-3H3,(H,24,27);1H. The van der Waals surface area contributed by atoms with Crippen molar-refractivity contribution in [3.05, 3.63) is 60.2 Å². The summed E-state index contributed by atoms with van der Waals surface area (Å²) in [7, 11) is 0. The van der Waals surface area contributed by atoms with Gasteiger partial charge in [-0.05, 0) is 31.5 Å². The number of nitrogens with one attached hydrogen (secondary N) is 1. The number of carbonyl (C=O) groups excluding carboxylic acids is 2. The van der Waals surface area contributed by atoms with E-state index in [2.05, 4.69) is 5.32 Å². The van der Waals surface area contributed by atoms with Crippen molar-refractivity contribution in [1.29, 1.82) is 0 Å². The van der Waals surface area contributed by atoms with Crippen molar-refractivity contribution in [3.63, 3.8) is 0 Å². The number of rotatable bonds is 9. The third-order valence-corrected chi connectivity index (χ3v) is 4.72. The van der Waals surface area contributed by atoms with Gasteiger partial charge in [-0.3, -0.25) is 9.59 Å². The van der Waals surface area contributed by atoms with Crippen LogP contribution < -0.4 is 15.8 Å². The second-order valence-corrected chi connectivity index (χ2v) is 6.60. The van der Waals surface area contributed by atoms with Crippen LogP contribution in [0.1, 0.15) is 32.4 Å². The second kappa shape index (κ2) is 12.1. The number of hydrogen-bond donors (Lipinski definition) is 2. The van der Waals surface area contributed by atoms with Crippen LogP contribution in [0.4, 0.5) is 5.69 Å². The first kappa shape index (κ1) is 24.5. The van der Waals surface area contributed by atoms with E-state index in [1.807, 2.05) is 44.2 Å². The summed E-state index contributed by atoms with van der Waals surface area (Å²) in [4.78, 5) is 26.3. The van der Waals surface area contributed by atoms with E-state index in [1.54, 1.807) is 36.1 Å². The minimum Gasteiger partial charge on any atom is -0.484 e. The van der Waals surface area contributed by atoms with Gasteiger partial charge < -0.3 is 20.7 Å². The molecule has 2 aromatic rings. The molecule has 0 bridgehead atoms. The molecule has 0 aliphatic rings. The Bertz CT molecular complexity index is 782. The van der Waals surface area contributed by atoms with Crippen molar-refractivity contribution in [2.75, 3.05) is 25.0 Å². The number of nitrogens with two attached hydrogens (primary N) is 1. The predicted octanol–water partition coefficient (Wildman–Crippen LogP) is 3.63. The van der Waals surface area contributed by atoms with Crippen molar-refractivity contribution in [1.82, 2.24) is 4.90 Å². The number of amides is 2. The van der Waals surface area contributed by atoms with Gasteiger partial charge >= 0.3 is 0 Å². The van der Waals surface area contributed by atoms with Gasteiger partial charge in [-0.15, -0.1) is 12.4 Å². The average Bonchev–Trinajstić information content (AvgIpc) is 2.73. The van der Waals surface area contributed by atoms with E-state index < -0.39 is 12.0 Å². The Morgan fingerprint density at radius 3 is 2.34 bits per heavy atom. The van der Waals surface area contributed by atoms with Crippen molar-refractivity contribution in [2.45, 2.75) is 26.8 Å². The number of benzene rings is 2. The lowest BCUT2D eigenvalue weighted by molar-refractivity contribution is -0.133. The summed E-state index contributed by atoms with van der Waals surface area (Å²) in [6.07, 6.45) is 0. The van der Waals surface area contributed by atoms with Gasteiger partial charge in [-0.2, -0.15) is 0 Å². The van der Waals surface area contributed by atoms with Gasteiger partial charge in [0.25, 0.3) is 5.91 Å². The number of halogens is 1. The summed E-state index contributed by atoms with van der Waals surface area (Å²) >= 11 is 0. The lowest BCUT2D eigenvalue weighted by atomic mass is 9.94. The van der Waals surface area contributed by atoms with Crippen LogP contribution in [0.3, 0.4) is 0 Å². The lowest BCUT2D eigenvalue weighted by Crippen LogP contribution is -2.34. The van der Waals surface area contributed by atoms with Gasteiger partial charge in [-0.1, -0.05) is 43.3 Å². The zero-order valence-electron chi connectivity index (χ0n) is 17.1. The molecule has 0 heterocycles. The Labute approximate surface area is 178 Å². The highest BCUT2D eigenvalue weighted by atomic mass is 35.5. The Kier molecular flexibility index (Phi) is 10.2. The summed E-state index contributed by atoms with van der Waals surface area (Å²) < 4.78 is 5.58. The number of nitrogens with zero attached hydrogens (tertiary/aromatic N) is 1. The minimum atomic E-state index is -0.406. The average molecular weight is 420 g/mol. The maximum absolute atomic E-state index is 12.6. The van der Waals surface area contributed by atoms with Crippen LogP contribution in [-0.4, -0.2) is 36.4 Å². The van der Waals surface area contributed by atoms with Crippen molar-refractivity contribution >= 4 is 29.9 Å². The smallest absolute Gasteiger partial charge is 0.260 e. The van der Waals surface area contributed by atoms with E-state index >= 15 is 0 Å². The van der Waals surface area contributed by atoms with Gasteiger partial charge in [0.05, 0.1) is 5.92 Å². The van der Waals surface area contributed by atoms with Gasteiger partial charge in [0.15, 0.2) is 6.61 Å². The van der Waals surface area contributed by atoms with Crippen LogP contribution in [0.15, 0.2) is 54.6 Å². The van der Waals surface area contributed by atoms with Crippen LogP contribution in [-0.2, 0) is 9.59 Å². The highest BCUT2D eigenvalue weighted by molar-refractivity contribution is 5.93. The van der Waals surface area contributed by atoms with Gasteiger partial charge in [0.2, 0.25) is 5.91 Å². The maximum Gasteiger partial charge on any atom is 0.260 e. The number of carbonyl (C=O) groups is 2. The molecule has 0 radical (unpaired) electrons. The molecule has 0 aliphatic heterocycles. The molecule has 2 amide bonds. The number of likely N-dealkylation sites (N-methyl/N-ethyl adjacent to an activating group) is 1. The Morgan fingerprint density at radius 2 is 1.72 bits per heavy atom. The minimum absolute atomic E-state index is 0. The van der Waals surface area contributed by atoms with Gasteiger partial charge in [0, 0.05) is 30.9 Å². The molecule has 2 atom stereocenters. The molecule has 6 nitrogen and oxygen atoms in total. The summed E-state index contributed by atoms with van der Waals surface area (Å²) in [5.74, 6) is -0.121. The van der Waals surface area contributed by atoms with E-state index in [0.29, 0.717) is 24.5 Å². The monoisotopic (exact) mass is 419 g/mol. The normalized spacial score (nSPS) is 12.3. The molecule has 0 aromatic heterocycles. The molecule has 2 aromatic carbocycles. The molecule has 0 spiro atoms. The Morgan fingerprint density at radius 1 is 1.07 bits per heavy atom. The summed E-state index contributed by atoms with van der Waals surface area (Å²) in [5.41, 5.74) is 7.75. The molecule has 7 heteroatoms. The zero-order valence-corrected chi connectivity index (χ0v) is 17.9. The first-order valence-electron chi connectivity index (χ1n) is 9.58. The maximum atomic E-state index is 12.6. The molecule has 3 N–H and O–H groups in total. The van der Waals surface area contributed by atoms with Crippen molar-refractivity contribution in [3.8, 4) is 5.75 Å². The molecule has 0 fully saturated rings. The van der Waals surface area contributed by atoms with E-state index in [4.69, 9.17) is 10.5 Å². The highest BCUT2D eigenvalue weighted by Gasteiger charge is 2.22. The molecule has 0 saturated heterocycles. The largest absolute Gasteiger partial charge is 0.484 e. The quantitative estimate of drug-likeness (QED) is 0.650. The van der Waals surface area contributed by atoms with E-state index in [0.717, 1.165) is 5.56 Å². The second-order valence-electron chi connectivity index (χ2n) is 6.60. The zero-order chi connectivity index (χ0) is 20.5. The summed E-state index contributed by atoms with van der Waals surface area (Å²) in [5, 5.41) is 2.87. The fourth-order valence-corrected chi connectivity index (χ4v) is 2.86. The van der Waals surface area contributed by atoms with E-state index in [1.165, 1.54) is 0 Å². The van der Waals surface area contributed by atoms with Crippen LogP contribution in [0.2, 0.25) is 0 Å². The van der Waals surface area contributed by atoms with E-state index in [9.17, 15) is 9.59 Å². The number of ether oxygens (including phenoxy) is 1. The van der Waals surface area contributed by atoms with Gasteiger partial charge in [0.1, 0.15) is 5.75 Å². The number of anilines is 1. The summed E-state index contributed by atoms with van der Waals surface area (Å²) in [6, 6.07) is 16.2. The molecule has 0 aliphatic carbocycles. The molecule has 29 heavy (non-hydrogen) atoms. The molecule has 2 rings (SSSR count). The highest BCUT2D eigenvalue weighted by Crippen LogP contribution is 2.22. The first-order valence-corrected chi connectivity index (χ1v) is 9.58. The SMILES string of the molecule is CCN(CC)C(=O)COc1cccc(NC(=O)C(C)C(N)c2ccccc2)c1.Cl. The van der Waals surface area contributed by atoms with Crippen molar-refractivity contribution in [2.24, 2.45) is 11.7 Å². The summed E-state index contributed by atoms with van der Waals surface area (Å²) in [6.45, 7) is 6.92. The molecular formula is C22H30ClN3O3.